The first-order valence-corrected chi connectivity index (χ1v) is 8.18. The van der Waals surface area contributed by atoms with E-state index in [2.05, 4.69) is 15.2 Å². The lowest BCUT2D eigenvalue weighted by Crippen LogP contribution is -2.13. The van der Waals surface area contributed by atoms with Gasteiger partial charge in [-0.2, -0.15) is 0 Å². The average Bonchev–Trinajstić information content (AvgIpc) is 3.09. The SMILES string of the molecule is COC(C)Oc1ccc(F)c(-c2nnc3c(C)nc4ccccc4n23)c1. The van der Waals surface area contributed by atoms with E-state index in [1.807, 2.05) is 35.6 Å². The number of aromatic nitrogens is 4. The molecular formula is C19H17FN4O2. The van der Waals surface area contributed by atoms with Crippen LogP contribution >= 0.6 is 0 Å². The van der Waals surface area contributed by atoms with E-state index in [0.29, 0.717) is 22.8 Å². The van der Waals surface area contributed by atoms with E-state index < -0.39 is 12.1 Å². The number of aryl methyl sites for hydroxylation is 1. The van der Waals surface area contributed by atoms with Gasteiger partial charge in [-0.25, -0.2) is 9.37 Å². The van der Waals surface area contributed by atoms with Crippen LogP contribution in [0.2, 0.25) is 0 Å². The fourth-order valence-corrected chi connectivity index (χ4v) is 2.89. The molecule has 0 N–H and O–H groups in total. The molecule has 4 rings (SSSR count). The predicted octanol–water partition coefficient (Wildman–Crippen LogP) is 3.76. The van der Waals surface area contributed by atoms with E-state index in [0.717, 1.165) is 16.7 Å². The first kappa shape index (κ1) is 16.4. The van der Waals surface area contributed by atoms with Crippen LogP contribution in [0.1, 0.15) is 12.6 Å². The number of benzene rings is 2. The molecule has 26 heavy (non-hydrogen) atoms. The van der Waals surface area contributed by atoms with Crippen LogP contribution in [-0.4, -0.2) is 33.0 Å². The number of para-hydroxylation sites is 2. The molecule has 2 heterocycles. The maximum atomic E-state index is 14.6. The first-order chi connectivity index (χ1) is 12.6. The van der Waals surface area contributed by atoms with Crippen molar-refractivity contribution in [3.63, 3.8) is 0 Å². The Balaban J connectivity index is 1.96. The lowest BCUT2D eigenvalue weighted by molar-refractivity contribution is -0.0382. The number of methoxy groups -OCH3 is 1. The summed E-state index contributed by atoms with van der Waals surface area (Å²) in [6.45, 7) is 3.62. The number of halogens is 1. The second-order valence-electron chi connectivity index (χ2n) is 5.93. The van der Waals surface area contributed by atoms with Gasteiger partial charge in [0, 0.05) is 7.11 Å². The summed E-state index contributed by atoms with van der Waals surface area (Å²) in [5.41, 5.74) is 3.22. The second-order valence-corrected chi connectivity index (χ2v) is 5.93. The van der Waals surface area contributed by atoms with Gasteiger partial charge in [-0.15, -0.1) is 10.2 Å². The molecular weight excluding hydrogens is 335 g/mol. The van der Waals surface area contributed by atoms with E-state index in [4.69, 9.17) is 9.47 Å². The van der Waals surface area contributed by atoms with Gasteiger partial charge in [-0.05, 0) is 44.2 Å². The van der Waals surface area contributed by atoms with Crippen LogP contribution in [-0.2, 0) is 4.74 Å². The maximum Gasteiger partial charge on any atom is 0.196 e. The third kappa shape index (κ3) is 2.66. The predicted molar refractivity (Wildman–Crippen MR) is 95.5 cm³/mol. The van der Waals surface area contributed by atoms with Crippen LogP contribution in [0.5, 0.6) is 5.75 Å². The first-order valence-electron chi connectivity index (χ1n) is 8.18. The van der Waals surface area contributed by atoms with Gasteiger partial charge in [0.15, 0.2) is 17.8 Å². The number of fused-ring (bicyclic) bond motifs is 3. The lowest BCUT2D eigenvalue weighted by atomic mass is 10.2. The van der Waals surface area contributed by atoms with Crippen molar-refractivity contribution >= 4 is 16.7 Å². The lowest BCUT2D eigenvalue weighted by Gasteiger charge is -2.13. The summed E-state index contributed by atoms with van der Waals surface area (Å²) in [5.74, 6) is 0.479. The topological polar surface area (TPSA) is 61.5 Å². The Morgan fingerprint density at radius 2 is 1.92 bits per heavy atom. The van der Waals surface area contributed by atoms with Crippen LogP contribution in [0, 0.1) is 12.7 Å². The third-order valence-corrected chi connectivity index (χ3v) is 4.21. The minimum Gasteiger partial charge on any atom is -0.465 e. The molecule has 0 aliphatic heterocycles. The maximum absolute atomic E-state index is 14.6. The highest BCUT2D eigenvalue weighted by Gasteiger charge is 2.18. The summed E-state index contributed by atoms with van der Waals surface area (Å²) in [7, 11) is 1.54. The fourth-order valence-electron chi connectivity index (χ4n) is 2.89. The highest BCUT2D eigenvalue weighted by atomic mass is 19.1. The number of rotatable bonds is 4. The smallest absolute Gasteiger partial charge is 0.196 e. The number of hydrogen-bond donors (Lipinski definition) is 0. The van der Waals surface area contributed by atoms with Crippen molar-refractivity contribution in [1.29, 1.82) is 0 Å². The quantitative estimate of drug-likeness (QED) is 0.523. The zero-order chi connectivity index (χ0) is 18.3. The molecule has 7 heteroatoms. The number of ether oxygens (including phenoxy) is 2. The van der Waals surface area contributed by atoms with Crippen molar-refractivity contribution in [3.05, 3.63) is 54.0 Å². The molecule has 0 saturated heterocycles. The summed E-state index contributed by atoms with van der Waals surface area (Å²) >= 11 is 0. The molecule has 0 aliphatic carbocycles. The summed E-state index contributed by atoms with van der Waals surface area (Å²) in [6.07, 6.45) is -0.448. The van der Waals surface area contributed by atoms with Crippen LogP contribution in [0.4, 0.5) is 4.39 Å². The van der Waals surface area contributed by atoms with Crippen molar-refractivity contribution in [2.24, 2.45) is 0 Å². The zero-order valence-electron chi connectivity index (χ0n) is 14.6. The van der Waals surface area contributed by atoms with Gasteiger partial charge in [-0.1, -0.05) is 12.1 Å². The van der Waals surface area contributed by atoms with Crippen LogP contribution in [0.3, 0.4) is 0 Å². The summed E-state index contributed by atoms with van der Waals surface area (Å²) < 4.78 is 27.1. The van der Waals surface area contributed by atoms with Gasteiger partial charge in [0.2, 0.25) is 0 Å². The fraction of sp³-hybridized carbons (Fsp3) is 0.211. The van der Waals surface area contributed by atoms with Crippen LogP contribution < -0.4 is 4.74 Å². The van der Waals surface area contributed by atoms with Gasteiger partial charge in [0.05, 0.1) is 22.3 Å². The number of nitrogens with zero attached hydrogens (tertiary/aromatic N) is 4. The molecule has 1 unspecified atom stereocenters. The van der Waals surface area contributed by atoms with Gasteiger partial charge in [-0.3, -0.25) is 4.40 Å². The Labute approximate surface area is 149 Å². The van der Waals surface area contributed by atoms with Gasteiger partial charge >= 0.3 is 0 Å². The molecule has 1 atom stereocenters. The molecule has 2 aromatic carbocycles. The molecule has 0 bridgehead atoms. The standard InChI is InChI=1S/C19H17FN4O2/c1-11-18-22-23-19(24(18)17-7-5-4-6-16(17)21-11)14-10-13(8-9-15(14)20)26-12(2)25-3/h4-10,12H,1-3H3. The minimum atomic E-state index is -0.448. The summed E-state index contributed by atoms with van der Waals surface area (Å²) in [6, 6.07) is 12.1. The normalized spacial score (nSPS) is 12.6. The second kappa shape index (κ2) is 6.34. The Hall–Kier alpha value is -3.06. The van der Waals surface area contributed by atoms with Crippen molar-refractivity contribution in [1.82, 2.24) is 19.6 Å². The molecule has 0 spiro atoms. The van der Waals surface area contributed by atoms with Gasteiger partial charge < -0.3 is 9.47 Å². The van der Waals surface area contributed by atoms with Crippen LogP contribution in [0.15, 0.2) is 42.5 Å². The van der Waals surface area contributed by atoms with Crippen molar-refractivity contribution in [2.75, 3.05) is 7.11 Å². The van der Waals surface area contributed by atoms with E-state index in [1.165, 1.54) is 6.07 Å². The molecule has 132 valence electrons. The van der Waals surface area contributed by atoms with Crippen LogP contribution in [0.25, 0.3) is 28.1 Å². The zero-order valence-corrected chi connectivity index (χ0v) is 14.6. The molecule has 2 aromatic heterocycles. The molecule has 0 fully saturated rings. The van der Waals surface area contributed by atoms with Crippen molar-refractivity contribution in [2.45, 2.75) is 20.1 Å². The Bertz CT molecular complexity index is 1110. The third-order valence-electron chi connectivity index (χ3n) is 4.21. The van der Waals surface area contributed by atoms with E-state index in [9.17, 15) is 4.39 Å². The Morgan fingerprint density at radius 1 is 1.12 bits per heavy atom. The summed E-state index contributed by atoms with van der Waals surface area (Å²) in [4.78, 5) is 4.54. The molecule has 6 nitrogen and oxygen atoms in total. The molecule has 0 radical (unpaired) electrons. The molecule has 0 aliphatic rings. The number of hydrogen-bond acceptors (Lipinski definition) is 5. The van der Waals surface area contributed by atoms with Gasteiger partial charge in [0.1, 0.15) is 11.6 Å². The summed E-state index contributed by atoms with van der Waals surface area (Å²) in [5, 5.41) is 8.43. The molecule has 4 aromatic rings. The highest BCUT2D eigenvalue weighted by Crippen LogP contribution is 2.29. The monoisotopic (exact) mass is 352 g/mol. The Morgan fingerprint density at radius 3 is 2.73 bits per heavy atom. The molecule has 0 saturated carbocycles. The van der Waals surface area contributed by atoms with E-state index in [-0.39, 0.29) is 0 Å². The van der Waals surface area contributed by atoms with Gasteiger partial charge in [0.25, 0.3) is 0 Å². The van der Waals surface area contributed by atoms with E-state index >= 15 is 0 Å². The van der Waals surface area contributed by atoms with Crippen molar-refractivity contribution in [3.8, 4) is 17.1 Å². The molecule has 0 amide bonds. The highest BCUT2D eigenvalue weighted by molar-refractivity contribution is 5.81. The average molecular weight is 352 g/mol. The van der Waals surface area contributed by atoms with E-state index in [1.54, 1.807) is 26.2 Å². The largest absolute Gasteiger partial charge is 0.465 e. The minimum absolute atomic E-state index is 0.300. The Kier molecular flexibility index (Phi) is 4.00. The van der Waals surface area contributed by atoms with Crippen molar-refractivity contribution < 1.29 is 13.9 Å².